The number of hydrogen-bond donors (Lipinski definition) is 0. The van der Waals surface area contributed by atoms with Crippen LogP contribution in [0.15, 0.2) is 18.2 Å². The minimum absolute atomic E-state index is 0. The highest BCUT2D eigenvalue weighted by Gasteiger charge is 2.39. The van der Waals surface area contributed by atoms with E-state index in [9.17, 15) is 0 Å². The first kappa shape index (κ1) is 26.0. The Bertz CT molecular complexity index is 645. The molecule has 172 valence electrons. The topological polar surface area (TPSA) is 3.24 Å². The van der Waals surface area contributed by atoms with Crippen molar-refractivity contribution in [3.05, 3.63) is 34.3 Å². The molecule has 0 saturated heterocycles. The van der Waals surface area contributed by atoms with Crippen LogP contribution in [0.1, 0.15) is 109 Å². The van der Waals surface area contributed by atoms with Crippen molar-refractivity contribution in [2.24, 2.45) is 10.8 Å². The normalized spacial score (nSPS) is 22.1. The van der Waals surface area contributed by atoms with Gasteiger partial charge in [-0.3, -0.25) is 0 Å². The summed E-state index contributed by atoms with van der Waals surface area (Å²) >= 11 is 6.83. The van der Waals surface area contributed by atoms with Crippen LogP contribution in [0.5, 0.6) is 0 Å². The minimum atomic E-state index is 0. The van der Waals surface area contributed by atoms with Crippen molar-refractivity contribution < 1.29 is 0 Å². The van der Waals surface area contributed by atoms with Gasteiger partial charge in [0.25, 0.3) is 0 Å². The molecule has 0 unspecified atom stereocenters. The van der Waals surface area contributed by atoms with Crippen molar-refractivity contribution in [3.63, 3.8) is 0 Å². The van der Waals surface area contributed by atoms with Crippen LogP contribution in [0.25, 0.3) is 0 Å². The summed E-state index contributed by atoms with van der Waals surface area (Å²) in [7, 11) is 0. The monoisotopic (exact) mass is 453 g/mol. The minimum Gasteiger partial charge on any atom is -0.301 e. The first-order chi connectivity index (χ1) is 13.7. The third-order valence-electron chi connectivity index (χ3n) is 7.47. The van der Waals surface area contributed by atoms with E-state index in [-0.39, 0.29) is 12.4 Å². The third-order valence-corrected chi connectivity index (χ3v) is 7.80. The molecule has 0 aromatic heterocycles. The summed E-state index contributed by atoms with van der Waals surface area (Å²) in [5.74, 6) is 0.595. The number of nitrogens with zero attached hydrogens (tertiary/aromatic N) is 1. The number of aryl methyl sites for hydroxylation is 1. The fraction of sp³-hybridized carbons (Fsp3) is 0.778. The van der Waals surface area contributed by atoms with Crippen LogP contribution in [-0.4, -0.2) is 24.0 Å². The average Bonchev–Trinajstić information content (AvgIpc) is 2.63. The molecule has 0 heterocycles. The first-order valence-corrected chi connectivity index (χ1v) is 12.6. The molecule has 1 nitrogen and oxygen atoms in total. The molecule has 30 heavy (non-hydrogen) atoms. The quantitative estimate of drug-likeness (QED) is 0.398. The lowest BCUT2D eigenvalue weighted by atomic mass is 9.60. The summed E-state index contributed by atoms with van der Waals surface area (Å²) in [6, 6.07) is 7.80. The van der Waals surface area contributed by atoms with Gasteiger partial charge in [-0.15, -0.1) is 12.4 Å². The average molecular weight is 455 g/mol. The number of benzene rings is 1. The number of rotatable bonds is 7. The van der Waals surface area contributed by atoms with Crippen molar-refractivity contribution >= 4 is 24.0 Å². The molecule has 0 N–H and O–H groups in total. The van der Waals surface area contributed by atoms with E-state index in [2.05, 4.69) is 57.7 Å². The second-order valence-electron chi connectivity index (χ2n) is 11.5. The van der Waals surface area contributed by atoms with Crippen molar-refractivity contribution in [2.45, 2.75) is 111 Å². The predicted octanol–water partition coefficient (Wildman–Crippen LogP) is 8.67. The SMILES string of the molecule is CCN(CCCc1ccc(C2CC(C)(C)CC(C)(C)C2)c(Cl)c1)C1CCCCC1.Cl. The van der Waals surface area contributed by atoms with Gasteiger partial charge in [-0.1, -0.05) is 77.6 Å². The van der Waals surface area contributed by atoms with Gasteiger partial charge in [0.05, 0.1) is 0 Å². The predicted molar refractivity (Wildman–Crippen MR) is 135 cm³/mol. The Balaban J connectivity index is 0.00000320. The molecule has 0 radical (unpaired) electrons. The van der Waals surface area contributed by atoms with Crippen LogP contribution in [0.3, 0.4) is 0 Å². The lowest BCUT2D eigenvalue weighted by molar-refractivity contribution is 0.0969. The first-order valence-electron chi connectivity index (χ1n) is 12.2. The molecule has 2 aliphatic rings. The zero-order chi connectivity index (χ0) is 21.1. The Kier molecular flexibility index (Phi) is 9.59. The van der Waals surface area contributed by atoms with E-state index < -0.39 is 0 Å². The zero-order valence-electron chi connectivity index (χ0n) is 20.1. The van der Waals surface area contributed by atoms with Gasteiger partial charge in [0.2, 0.25) is 0 Å². The van der Waals surface area contributed by atoms with Crippen LogP contribution >= 0.6 is 24.0 Å². The second kappa shape index (κ2) is 11.1. The lowest BCUT2D eigenvalue weighted by Gasteiger charge is -2.45. The third kappa shape index (κ3) is 7.14. The molecule has 3 rings (SSSR count). The van der Waals surface area contributed by atoms with Gasteiger partial charge >= 0.3 is 0 Å². The van der Waals surface area contributed by atoms with E-state index in [1.807, 2.05) is 0 Å². The van der Waals surface area contributed by atoms with Crippen molar-refractivity contribution in [2.75, 3.05) is 13.1 Å². The summed E-state index contributed by atoms with van der Waals surface area (Å²) in [4.78, 5) is 2.72. The Morgan fingerprint density at radius 2 is 1.63 bits per heavy atom. The van der Waals surface area contributed by atoms with E-state index >= 15 is 0 Å². The number of halogens is 2. The molecular weight excluding hydrogens is 409 g/mol. The molecule has 2 saturated carbocycles. The van der Waals surface area contributed by atoms with Gasteiger partial charge in [0, 0.05) is 11.1 Å². The maximum atomic E-state index is 6.83. The fourth-order valence-electron chi connectivity index (χ4n) is 6.65. The smallest absolute Gasteiger partial charge is 0.0443 e. The van der Waals surface area contributed by atoms with E-state index in [4.69, 9.17) is 11.6 Å². The number of hydrogen-bond acceptors (Lipinski definition) is 1. The van der Waals surface area contributed by atoms with E-state index in [1.165, 1.54) is 82.0 Å². The summed E-state index contributed by atoms with van der Waals surface area (Å²) in [5.41, 5.74) is 3.59. The zero-order valence-corrected chi connectivity index (χ0v) is 21.7. The van der Waals surface area contributed by atoms with Crippen LogP contribution < -0.4 is 0 Å². The molecule has 2 aliphatic carbocycles. The molecule has 1 aromatic carbocycles. The highest BCUT2D eigenvalue weighted by Crippen LogP contribution is 2.52. The van der Waals surface area contributed by atoms with Gasteiger partial charge in [-0.25, -0.2) is 0 Å². The Labute approximate surface area is 197 Å². The van der Waals surface area contributed by atoms with E-state index in [0.29, 0.717) is 16.7 Å². The maximum absolute atomic E-state index is 6.83. The molecular formula is C27H45Cl2N. The van der Waals surface area contributed by atoms with Crippen molar-refractivity contribution in [1.29, 1.82) is 0 Å². The molecule has 0 aliphatic heterocycles. The molecule has 0 bridgehead atoms. The second-order valence-corrected chi connectivity index (χ2v) is 11.9. The Morgan fingerprint density at radius 3 is 2.20 bits per heavy atom. The van der Waals surface area contributed by atoms with E-state index in [1.54, 1.807) is 0 Å². The van der Waals surface area contributed by atoms with Crippen molar-refractivity contribution in [3.8, 4) is 0 Å². The Morgan fingerprint density at radius 1 is 1.00 bits per heavy atom. The molecule has 1 aromatic rings. The summed E-state index contributed by atoms with van der Waals surface area (Å²) in [6.07, 6.45) is 13.3. The molecule has 0 atom stereocenters. The lowest BCUT2D eigenvalue weighted by Crippen LogP contribution is -2.37. The largest absolute Gasteiger partial charge is 0.301 e. The van der Waals surface area contributed by atoms with Gasteiger partial charge < -0.3 is 4.90 Å². The maximum Gasteiger partial charge on any atom is 0.0443 e. The van der Waals surface area contributed by atoms with E-state index in [0.717, 1.165) is 17.5 Å². The highest BCUT2D eigenvalue weighted by molar-refractivity contribution is 6.31. The van der Waals surface area contributed by atoms with Crippen LogP contribution in [0, 0.1) is 10.8 Å². The molecule has 3 heteroatoms. The molecule has 0 spiro atoms. The van der Waals surface area contributed by atoms with Gasteiger partial charge in [0.1, 0.15) is 0 Å². The van der Waals surface area contributed by atoms with Gasteiger partial charge in [0.15, 0.2) is 0 Å². The molecule has 2 fully saturated rings. The fourth-order valence-corrected chi connectivity index (χ4v) is 7.01. The van der Waals surface area contributed by atoms with Gasteiger partial charge in [-0.05, 0) is 92.0 Å². The standard InChI is InChI=1S/C27H44ClN.ClH/c1-6-29(23-12-8-7-9-13-23)16-10-11-21-14-15-24(25(28)17-21)22-18-26(2,3)20-27(4,5)19-22;/h14-15,17,22-23H,6-13,16,18-20H2,1-5H3;1H. The summed E-state index contributed by atoms with van der Waals surface area (Å²) < 4.78 is 0. The van der Waals surface area contributed by atoms with Crippen LogP contribution in [0.2, 0.25) is 5.02 Å². The highest BCUT2D eigenvalue weighted by atomic mass is 35.5. The van der Waals surface area contributed by atoms with Gasteiger partial charge in [-0.2, -0.15) is 0 Å². The van der Waals surface area contributed by atoms with Crippen LogP contribution in [0.4, 0.5) is 0 Å². The molecule has 0 amide bonds. The summed E-state index contributed by atoms with van der Waals surface area (Å²) in [6.45, 7) is 14.4. The summed E-state index contributed by atoms with van der Waals surface area (Å²) in [5, 5.41) is 1.00. The van der Waals surface area contributed by atoms with Crippen molar-refractivity contribution in [1.82, 2.24) is 4.90 Å². The Hall–Kier alpha value is -0.240. The van der Waals surface area contributed by atoms with Crippen LogP contribution in [-0.2, 0) is 6.42 Å².